The number of hydrogen-bond acceptors (Lipinski definition) is 4. The highest BCUT2D eigenvalue weighted by molar-refractivity contribution is 6.30. The molecule has 42 heavy (non-hydrogen) atoms. The molecule has 3 aromatic carbocycles. The van der Waals surface area contributed by atoms with Gasteiger partial charge in [0.15, 0.2) is 5.72 Å². The monoisotopic (exact) mass is 613 g/mol. The molecule has 2 atom stereocenters. The van der Waals surface area contributed by atoms with Gasteiger partial charge in [-0.05, 0) is 83.7 Å². The Labute approximate surface area is 257 Å². The van der Waals surface area contributed by atoms with Crippen molar-refractivity contribution in [2.45, 2.75) is 70.2 Å². The van der Waals surface area contributed by atoms with Crippen molar-refractivity contribution in [1.29, 1.82) is 0 Å². The fourth-order valence-corrected chi connectivity index (χ4v) is 7.04. The summed E-state index contributed by atoms with van der Waals surface area (Å²) in [4.78, 5) is 16.0. The smallest absolute Gasteiger partial charge is 0.257 e. The maximum Gasteiger partial charge on any atom is 0.257 e. The van der Waals surface area contributed by atoms with Gasteiger partial charge in [0.1, 0.15) is 5.82 Å². The number of rotatable bonds is 7. The van der Waals surface area contributed by atoms with Gasteiger partial charge in [-0.15, -0.1) is 0 Å². The molecule has 0 spiro atoms. The Morgan fingerprint density at radius 2 is 1.69 bits per heavy atom. The number of aliphatic hydroxyl groups is 1. The molecular weight excluding hydrogens is 576 g/mol. The first kappa shape index (κ1) is 31.0. The van der Waals surface area contributed by atoms with Crippen LogP contribution in [-0.2, 0) is 32.8 Å². The molecule has 1 fully saturated rings. The molecule has 2 heterocycles. The minimum atomic E-state index is -1.57. The van der Waals surface area contributed by atoms with Crippen LogP contribution >= 0.6 is 23.2 Å². The number of fused-ring (bicyclic) bond motifs is 1. The number of carbonyl (C=O) groups excluding carboxylic acids is 1. The third kappa shape index (κ3) is 5.16. The zero-order valence-electron chi connectivity index (χ0n) is 24.8. The zero-order valence-corrected chi connectivity index (χ0v) is 26.3. The Balaban J connectivity index is 1.72. The number of methoxy groups -OCH3 is 1. The summed E-state index contributed by atoms with van der Waals surface area (Å²) >= 11 is 12.6. The van der Waals surface area contributed by atoms with Crippen LogP contribution in [0.15, 0.2) is 54.6 Å². The summed E-state index contributed by atoms with van der Waals surface area (Å²) in [5, 5.41) is 13.0. The minimum absolute atomic E-state index is 0.117. The number of ether oxygens (including phenoxy) is 2. The molecule has 2 aliphatic rings. The van der Waals surface area contributed by atoms with Crippen molar-refractivity contribution in [3.8, 4) is 0 Å². The second-order valence-corrected chi connectivity index (χ2v) is 13.2. The van der Waals surface area contributed by atoms with E-state index in [1.807, 2.05) is 19.1 Å². The van der Waals surface area contributed by atoms with Crippen molar-refractivity contribution in [1.82, 2.24) is 4.90 Å². The van der Waals surface area contributed by atoms with Crippen LogP contribution < -0.4 is 0 Å². The predicted molar refractivity (Wildman–Crippen MR) is 163 cm³/mol. The van der Waals surface area contributed by atoms with Gasteiger partial charge < -0.3 is 14.6 Å². The van der Waals surface area contributed by atoms with Gasteiger partial charge in [-0.25, -0.2) is 4.39 Å². The Morgan fingerprint density at radius 3 is 2.29 bits per heavy atom. The summed E-state index contributed by atoms with van der Waals surface area (Å²) in [5.41, 5.74) is -0.0509. The summed E-state index contributed by atoms with van der Waals surface area (Å²) in [6.45, 7) is 9.34. The van der Waals surface area contributed by atoms with Crippen LogP contribution in [0.3, 0.4) is 0 Å². The standard InChI is InChI=1S/C34H38Cl2FNO4/c1-6-33(40,22-13-15-42-16-14-22)24-17-27-30(29(37)18-24)34(41-5,23-8-11-25(35)12-9-23)38(31(27)39)20-21-7-10-26(36)19-28(21)32(2,3)4/h7-12,17-19,22,40H,6,13-16,20H2,1-5H3/t33-,34+/m0/s1. The first-order valence-electron chi connectivity index (χ1n) is 14.4. The number of carbonyl (C=O) groups is 1. The third-order valence-electron chi connectivity index (χ3n) is 8.96. The highest BCUT2D eigenvalue weighted by atomic mass is 35.5. The average Bonchev–Trinajstić information content (AvgIpc) is 3.22. The molecule has 1 N–H and O–H groups in total. The Hall–Kier alpha value is -2.48. The zero-order chi connectivity index (χ0) is 30.4. The second-order valence-electron chi connectivity index (χ2n) is 12.3. The van der Waals surface area contributed by atoms with Crippen molar-refractivity contribution in [2.24, 2.45) is 5.92 Å². The molecule has 8 heteroatoms. The van der Waals surface area contributed by atoms with E-state index in [0.717, 1.165) is 11.1 Å². The molecule has 2 aliphatic heterocycles. The lowest BCUT2D eigenvalue weighted by Crippen LogP contribution is -2.46. The van der Waals surface area contributed by atoms with E-state index in [4.69, 9.17) is 32.7 Å². The van der Waals surface area contributed by atoms with Crippen molar-refractivity contribution in [3.05, 3.63) is 104 Å². The maximum absolute atomic E-state index is 16.6. The van der Waals surface area contributed by atoms with E-state index >= 15 is 4.39 Å². The van der Waals surface area contributed by atoms with Crippen LogP contribution in [0.5, 0.6) is 0 Å². The van der Waals surface area contributed by atoms with Gasteiger partial charge in [0, 0.05) is 42.5 Å². The predicted octanol–water partition coefficient (Wildman–Crippen LogP) is 7.96. The number of benzene rings is 3. The van der Waals surface area contributed by atoms with Crippen LogP contribution in [0.4, 0.5) is 4.39 Å². The van der Waals surface area contributed by atoms with Gasteiger partial charge in [-0.1, -0.05) is 69.1 Å². The Kier molecular flexibility index (Phi) is 8.51. The topological polar surface area (TPSA) is 59.0 Å². The highest BCUT2D eigenvalue weighted by Gasteiger charge is 2.54. The van der Waals surface area contributed by atoms with Crippen LogP contribution in [0.1, 0.15) is 85.1 Å². The lowest BCUT2D eigenvalue weighted by atomic mass is 9.74. The number of halogens is 3. The molecule has 224 valence electrons. The molecule has 0 aliphatic carbocycles. The first-order valence-corrected chi connectivity index (χ1v) is 15.2. The molecule has 0 bridgehead atoms. The van der Waals surface area contributed by atoms with E-state index in [9.17, 15) is 9.90 Å². The molecule has 5 nitrogen and oxygen atoms in total. The fourth-order valence-electron chi connectivity index (χ4n) is 6.74. The Bertz CT molecular complexity index is 1480. The molecule has 3 aromatic rings. The first-order chi connectivity index (χ1) is 19.9. The number of hydrogen-bond donors (Lipinski definition) is 1. The minimum Gasteiger partial charge on any atom is -0.385 e. The van der Waals surface area contributed by atoms with Crippen LogP contribution in [-0.4, -0.2) is 36.2 Å². The van der Waals surface area contributed by atoms with Crippen molar-refractivity contribution < 1.29 is 23.8 Å². The highest BCUT2D eigenvalue weighted by Crippen LogP contribution is 2.50. The Morgan fingerprint density at radius 1 is 1.05 bits per heavy atom. The van der Waals surface area contributed by atoms with Gasteiger partial charge in [-0.2, -0.15) is 0 Å². The lowest BCUT2D eigenvalue weighted by Gasteiger charge is -2.40. The van der Waals surface area contributed by atoms with Crippen LogP contribution in [0, 0.1) is 11.7 Å². The summed E-state index contributed by atoms with van der Waals surface area (Å²) in [7, 11) is 1.48. The largest absolute Gasteiger partial charge is 0.385 e. The molecule has 0 aromatic heterocycles. The molecular formula is C34H38Cl2FNO4. The van der Waals surface area contributed by atoms with E-state index in [2.05, 4.69) is 20.8 Å². The molecule has 0 saturated carbocycles. The van der Waals surface area contributed by atoms with E-state index in [1.165, 1.54) is 13.2 Å². The van der Waals surface area contributed by atoms with E-state index in [0.29, 0.717) is 53.6 Å². The van der Waals surface area contributed by atoms with Gasteiger partial charge in [0.25, 0.3) is 5.91 Å². The quantitative estimate of drug-likeness (QED) is 0.294. The normalized spacial score (nSPS) is 21.0. The van der Waals surface area contributed by atoms with Gasteiger partial charge >= 0.3 is 0 Å². The van der Waals surface area contributed by atoms with Gasteiger partial charge in [0.2, 0.25) is 0 Å². The summed E-state index contributed by atoms with van der Waals surface area (Å²) in [6, 6.07) is 15.6. The van der Waals surface area contributed by atoms with Crippen molar-refractivity contribution in [2.75, 3.05) is 20.3 Å². The van der Waals surface area contributed by atoms with E-state index in [1.54, 1.807) is 41.3 Å². The fraction of sp³-hybridized carbons (Fsp3) is 0.441. The van der Waals surface area contributed by atoms with E-state index < -0.39 is 17.1 Å². The molecule has 0 radical (unpaired) electrons. The maximum atomic E-state index is 16.6. The van der Waals surface area contributed by atoms with Gasteiger partial charge in [-0.3, -0.25) is 9.69 Å². The summed E-state index contributed by atoms with van der Waals surface area (Å²) in [5.74, 6) is -1.11. The molecule has 1 saturated heterocycles. The number of amides is 1. The van der Waals surface area contributed by atoms with Crippen LogP contribution in [0.25, 0.3) is 0 Å². The van der Waals surface area contributed by atoms with Crippen molar-refractivity contribution in [3.63, 3.8) is 0 Å². The summed E-state index contributed by atoms with van der Waals surface area (Å²) in [6.07, 6.45) is 1.68. The van der Waals surface area contributed by atoms with E-state index in [-0.39, 0.29) is 34.9 Å². The molecule has 1 amide bonds. The molecule has 0 unspecified atom stereocenters. The summed E-state index contributed by atoms with van der Waals surface area (Å²) < 4.78 is 28.3. The van der Waals surface area contributed by atoms with Gasteiger partial charge in [0.05, 0.1) is 16.7 Å². The second kappa shape index (κ2) is 11.5. The lowest BCUT2D eigenvalue weighted by molar-refractivity contribution is -0.0885. The average molecular weight is 615 g/mol. The van der Waals surface area contributed by atoms with Crippen LogP contribution in [0.2, 0.25) is 10.0 Å². The van der Waals surface area contributed by atoms with Crippen molar-refractivity contribution >= 4 is 29.1 Å². The molecule has 5 rings (SSSR count). The number of nitrogens with zero attached hydrogens (tertiary/aromatic N) is 1. The SMILES string of the molecule is CC[C@@](O)(c1cc(F)c2c(c1)C(=O)N(Cc1ccc(Cl)cc1C(C)(C)C)[C@@]2(OC)c1ccc(Cl)cc1)C1CCOCC1. The third-order valence-corrected chi connectivity index (χ3v) is 9.45.